The third-order valence-electron chi connectivity index (χ3n) is 3.73. The average Bonchev–Trinajstić information content (AvgIpc) is 2.65. The van der Waals surface area contributed by atoms with Crippen LogP contribution in [0.25, 0.3) is 0 Å². The van der Waals surface area contributed by atoms with E-state index in [2.05, 4.69) is 5.32 Å². The largest absolute Gasteiger partial charge is 0.508 e. The van der Waals surface area contributed by atoms with Crippen LogP contribution in [0.4, 0.5) is 11.4 Å². The van der Waals surface area contributed by atoms with E-state index >= 15 is 0 Å². The van der Waals surface area contributed by atoms with Gasteiger partial charge in [-0.3, -0.25) is 10.1 Å². The lowest BCUT2D eigenvalue weighted by atomic mass is 10.0. The van der Waals surface area contributed by atoms with Crippen LogP contribution in [0, 0.1) is 16.0 Å². The zero-order valence-electron chi connectivity index (χ0n) is 11.0. The lowest BCUT2D eigenvalue weighted by Gasteiger charge is -2.15. The van der Waals surface area contributed by atoms with Gasteiger partial charge in [0.1, 0.15) is 11.4 Å². The predicted octanol–water partition coefficient (Wildman–Crippen LogP) is 3.68. The highest BCUT2D eigenvalue weighted by molar-refractivity contribution is 5.63. The van der Waals surface area contributed by atoms with Crippen LogP contribution in [0.1, 0.15) is 38.5 Å². The van der Waals surface area contributed by atoms with Gasteiger partial charge in [-0.15, -0.1) is 0 Å². The molecule has 1 aliphatic carbocycles. The molecule has 1 aromatic rings. The summed E-state index contributed by atoms with van der Waals surface area (Å²) in [5.41, 5.74) is 0.431. The fraction of sp³-hybridized carbons (Fsp3) is 0.571. The third-order valence-corrected chi connectivity index (χ3v) is 3.73. The van der Waals surface area contributed by atoms with E-state index in [1.165, 1.54) is 50.7 Å². The van der Waals surface area contributed by atoms with Crippen LogP contribution in [-0.4, -0.2) is 16.6 Å². The molecule has 0 spiro atoms. The molecule has 0 saturated heterocycles. The van der Waals surface area contributed by atoms with Gasteiger partial charge in [0.25, 0.3) is 5.69 Å². The first kappa shape index (κ1) is 13.6. The Labute approximate surface area is 112 Å². The molecule has 19 heavy (non-hydrogen) atoms. The van der Waals surface area contributed by atoms with Crippen LogP contribution >= 0.6 is 0 Å². The predicted molar refractivity (Wildman–Crippen MR) is 74.4 cm³/mol. The van der Waals surface area contributed by atoms with Gasteiger partial charge in [-0.05, 0) is 30.9 Å². The van der Waals surface area contributed by atoms with Crippen LogP contribution < -0.4 is 5.32 Å². The maximum Gasteiger partial charge on any atom is 0.296 e. The lowest BCUT2D eigenvalue weighted by Crippen LogP contribution is -2.14. The lowest BCUT2D eigenvalue weighted by molar-refractivity contribution is -0.384. The summed E-state index contributed by atoms with van der Waals surface area (Å²) in [6.45, 7) is 0.769. The van der Waals surface area contributed by atoms with E-state index in [4.69, 9.17) is 0 Å². The van der Waals surface area contributed by atoms with Crippen LogP contribution in [0.2, 0.25) is 0 Å². The Kier molecular flexibility index (Phi) is 4.60. The molecule has 1 aromatic carbocycles. The fourth-order valence-corrected chi connectivity index (χ4v) is 2.64. The van der Waals surface area contributed by atoms with Crippen molar-refractivity contribution >= 4 is 11.4 Å². The highest BCUT2D eigenvalue weighted by atomic mass is 16.6. The molecule has 0 heterocycles. The van der Waals surface area contributed by atoms with E-state index in [-0.39, 0.29) is 11.4 Å². The first-order valence-corrected chi connectivity index (χ1v) is 6.88. The second-order valence-electron chi connectivity index (χ2n) is 5.20. The summed E-state index contributed by atoms with van der Waals surface area (Å²) in [5.74, 6) is 0.516. The van der Waals surface area contributed by atoms with Crippen molar-refractivity contribution in [1.82, 2.24) is 0 Å². The quantitative estimate of drug-likeness (QED) is 0.376. The standard InChI is InChI=1S/C14H20N2O3/c17-12-7-8-13(14(9-12)16(18)19)15-10-11-5-3-1-2-4-6-11/h7-9,11,15,17H,1-6,10H2. The van der Waals surface area contributed by atoms with Crippen molar-refractivity contribution in [3.63, 3.8) is 0 Å². The summed E-state index contributed by atoms with van der Waals surface area (Å²) in [7, 11) is 0. The van der Waals surface area contributed by atoms with E-state index in [0.717, 1.165) is 6.54 Å². The molecule has 2 rings (SSSR count). The summed E-state index contributed by atoms with van der Waals surface area (Å²) in [6, 6.07) is 4.24. The number of hydrogen-bond donors (Lipinski definition) is 2. The number of benzene rings is 1. The molecular weight excluding hydrogens is 244 g/mol. The SMILES string of the molecule is O=[N+]([O-])c1cc(O)ccc1NCC1CCCCCC1. The number of nitrogens with one attached hydrogen (secondary N) is 1. The number of aromatic hydroxyl groups is 1. The Morgan fingerprint density at radius 3 is 2.58 bits per heavy atom. The van der Waals surface area contributed by atoms with Crippen molar-refractivity contribution < 1.29 is 10.0 Å². The van der Waals surface area contributed by atoms with Crippen molar-refractivity contribution in [3.8, 4) is 5.75 Å². The number of nitro groups is 1. The van der Waals surface area contributed by atoms with Crippen LogP contribution in [0.15, 0.2) is 18.2 Å². The van der Waals surface area contributed by atoms with Gasteiger partial charge in [0.15, 0.2) is 0 Å². The number of nitro benzene ring substituents is 1. The first-order chi connectivity index (χ1) is 9.16. The van der Waals surface area contributed by atoms with Crippen molar-refractivity contribution in [3.05, 3.63) is 28.3 Å². The van der Waals surface area contributed by atoms with Crippen molar-refractivity contribution in [2.24, 2.45) is 5.92 Å². The molecule has 0 unspecified atom stereocenters. The zero-order valence-corrected chi connectivity index (χ0v) is 11.0. The van der Waals surface area contributed by atoms with Gasteiger partial charge in [-0.2, -0.15) is 0 Å². The molecule has 1 aliphatic rings. The van der Waals surface area contributed by atoms with Gasteiger partial charge >= 0.3 is 0 Å². The highest BCUT2D eigenvalue weighted by Gasteiger charge is 2.17. The minimum atomic E-state index is -0.463. The molecule has 0 aliphatic heterocycles. The summed E-state index contributed by atoms with van der Waals surface area (Å²) >= 11 is 0. The smallest absolute Gasteiger partial charge is 0.296 e. The molecule has 0 radical (unpaired) electrons. The van der Waals surface area contributed by atoms with Crippen LogP contribution in [0.5, 0.6) is 5.75 Å². The molecule has 1 fully saturated rings. The second kappa shape index (κ2) is 6.41. The van der Waals surface area contributed by atoms with Gasteiger partial charge in [-0.25, -0.2) is 0 Å². The molecule has 1 saturated carbocycles. The second-order valence-corrected chi connectivity index (χ2v) is 5.20. The minimum Gasteiger partial charge on any atom is -0.508 e. The molecule has 0 aromatic heterocycles. The summed E-state index contributed by atoms with van der Waals surface area (Å²) in [6.07, 6.45) is 7.50. The first-order valence-electron chi connectivity index (χ1n) is 6.88. The molecule has 104 valence electrons. The molecule has 5 nitrogen and oxygen atoms in total. The Morgan fingerprint density at radius 1 is 1.26 bits per heavy atom. The Balaban J connectivity index is 2.00. The summed E-state index contributed by atoms with van der Waals surface area (Å²) in [5, 5.41) is 23.4. The maximum atomic E-state index is 10.9. The third kappa shape index (κ3) is 3.84. The summed E-state index contributed by atoms with van der Waals surface area (Å²) < 4.78 is 0. The minimum absolute atomic E-state index is 0.0615. The summed E-state index contributed by atoms with van der Waals surface area (Å²) in [4.78, 5) is 10.5. The Morgan fingerprint density at radius 2 is 1.95 bits per heavy atom. The highest BCUT2D eigenvalue weighted by Crippen LogP contribution is 2.29. The van der Waals surface area contributed by atoms with Crippen molar-refractivity contribution in [2.75, 3.05) is 11.9 Å². The number of hydrogen-bond acceptors (Lipinski definition) is 4. The fourth-order valence-electron chi connectivity index (χ4n) is 2.64. The Hall–Kier alpha value is -1.78. The van der Waals surface area contributed by atoms with Gasteiger partial charge < -0.3 is 10.4 Å². The van der Waals surface area contributed by atoms with Gasteiger partial charge in [0.05, 0.1) is 11.0 Å². The molecule has 5 heteroatoms. The van der Waals surface area contributed by atoms with Crippen LogP contribution in [0.3, 0.4) is 0 Å². The van der Waals surface area contributed by atoms with Crippen molar-refractivity contribution in [2.45, 2.75) is 38.5 Å². The molecule has 0 amide bonds. The molecule has 0 bridgehead atoms. The normalized spacial score (nSPS) is 16.8. The number of anilines is 1. The van der Waals surface area contributed by atoms with E-state index in [1.54, 1.807) is 6.07 Å². The molecular formula is C14H20N2O3. The zero-order chi connectivity index (χ0) is 13.7. The van der Waals surface area contributed by atoms with Crippen molar-refractivity contribution in [1.29, 1.82) is 0 Å². The topological polar surface area (TPSA) is 75.4 Å². The van der Waals surface area contributed by atoms with E-state index in [9.17, 15) is 15.2 Å². The number of rotatable bonds is 4. The average molecular weight is 264 g/mol. The monoisotopic (exact) mass is 264 g/mol. The van der Waals surface area contributed by atoms with Crippen LogP contribution in [-0.2, 0) is 0 Å². The number of nitrogens with zero attached hydrogens (tertiary/aromatic N) is 1. The molecule has 2 N–H and O–H groups in total. The maximum absolute atomic E-state index is 10.9. The van der Waals surface area contributed by atoms with Gasteiger partial charge in [-0.1, -0.05) is 25.7 Å². The van der Waals surface area contributed by atoms with E-state index in [0.29, 0.717) is 11.6 Å². The van der Waals surface area contributed by atoms with Gasteiger partial charge in [0, 0.05) is 6.54 Å². The van der Waals surface area contributed by atoms with Gasteiger partial charge in [0.2, 0.25) is 0 Å². The molecule has 0 atom stereocenters. The number of phenolic OH excluding ortho intramolecular Hbond substituents is 1. The Bertz CT molecular complexity index is 440. The van der Waals surface area contributed by atoms with E-state index in [1.807, 2.05) is 0 Å². The number of phenols is 1. The van der Waals surface area contributed by atoms with E-state index < -0.39 is 4.92 Å².